The summed E-state index contributed by atoms with van der Waals surface area (Å²) >= 11 is 0. The van der Waals surface area contributed by atoms with E-state index in [-0.39, 0.29) is 0 Å². The van der Waals surface area contributed by atoms with Gasteiger partial charge in [-0.15, -0.1) is 0 Å². The van der Waals surface area contributed by atoms with Gasteiger partial charge in [-0.05, 0) is 64.2 Å². The zero-order valence-corrected chi connectivity index (χ0v) is 15.0. The highest BCUT2D eigenvalue weighted by molar-refractivity contribution is 5.89. The molecule has 4 N–H and O–H groups in total. The topological polar surface area (TPSA) is 65.2 Å². The highest BCUT2D eigenvalue weighted by Crippen LogP contribution is 2.30. The van der Waals surface area contributed by atoms with Crippen LogP contribution in [0.3, 0.4) is 0 Å². The molecule has 3 heteroatoms. The molecule has 0 fully saturated rings. The molecule has 3 nitrogen and oxygen atoms in total. The molecule has 24 heavy (non-hydrogen) atoms. The molecule has 0 radical (unpaired) electrons. The fourth-order valence-corrected chi connectivity index (χ4v) is 2.60. The van der Waals surface area contributed by atoms with E-state index in [1.807, 2.05) is 12.1 Å². The number of fused-ring (bicyclic) bond motifs is 1. The molecule has 0 saturated heterocycles. The monoisotopic (exact) mass is 324 g/mol. The average Bonchev–Trinajstić information content (AvgIpc) is 2.90. The summed E-state index contributed by atoms with van der Waals surface area (Å²) in [6, 6.07) is 5.60. The smallest absolute Gasteiger partial charge is 0.137 e. The molecule has 0 saturated carbocycles. The molecule has 0 aliphatic carbocycles. The van der Waals surface area contributed by atoms with Crippen molar-refractivity contribution in [1.82, 2.24) is 0 Å². The van der Waals surface area contributed by atoms with Gasteiger partial charge in [0.25, 0.3) is 0 Å². The maximum atomic E-state index is 5.85. The van der Waals surface area contributed by atoms with Crippen molar-refractivity contribution < 1.29 is 4.42 Å². The van der Waals surface area contributed by atoms with E-state index in [0.717, 1.165) is 48.0 Å². The molecule has 0 atom stereocenters. The first-order valence-corrected chi connectivity index (χ1v) is 8.42. The van der Waals surface area contributed by atoms with Crippen molar-refractivity contribution in [3.05, 3.63) is 53.8 Å². The quantitative estimate of drug-likeness (QED) is 0.479. The molecular weight excluding hydrogens is 296 g/mol. The Balaban J connectivity index is 1.94. The molecule has 0 aliphatic rings. The van der Waals surface area contributed by atoms with Gasteiger partial charge in [-0.3, -0.25) is 0 Å². The lowest BCUT2D eigenvalue weighted by molar-refractivity contribution is 0.596. The fourth-order valence-electron chi connectivity index (χ4n) is 2.60. The molecule has 2 aromatic rings. The standard InChI is InChI=1S/C21H28N2O/c1-14(2)7-5-8-15(3)9-6-10-16(4)20-12-17-11-18(22)19(23)13-21(17)24-20/h7,9,11-13H,4-6,8,10,22-23H2,1-3H3/b15-9+. The van der Waals surface area contributed by atoms with Gasteiger partial charge in [0.2, 0.25) is 0 Å². The predicted octanol–water partition coefficient (Wildman–Crippen LogP) is 6.08. The van der Waals surface area contributed by atoms with Gasteiger partial charge in [0.1, 0.15) is 11.3 Å². The predicted molar refractivity (Wildman–Crippen MR) is 106 cm³/mol. The summed E-state index contributed by atoms with van der Waals surface area (Å²) in [5.74, 6) is 0.811. The fraction of sp³-hybridized carbons (Fsp3) is 0.333. The molecule has 0 aliphatic heterocycles. The highest BCUT2D eigenvalue weighted by atomic mass is 16.3. The van der Waals surface area contributed by atoms with Crippen LogP contribution in [0, 0.1) is 0 Å². The zero-order valence-electron chi connectivity index (χ0n) is 15.0. The second-order valence-corrected chi connectivity index (χ2v) is 6.64. The Morgan fingerprint density at radius 1 is 1.00 bits per heavy atom. The third-order valence-electron chi connectivity index (χ3n) is 4.10. The van der Waals surface area contributed by atoms with Gasteiger partial charge in [-0.25, -0.2) is 0 Å². The van der Waals surface area contributed by atoms with E-state index in [9.17, 15) is 0 Å². The first-order valence-electron chi connectivity index (χ1n) is 8.42. The summed E-state index contributed by atoms with van der Waals surface area (Å²) in [5.41, 5.74) is 17.3. The molecule has 2 rings (SSSR count). The Hall–Kier alpha value is -2.42. The molecular formula is C21H28N2O. The highest BCUT2D eigenvalue weighted by Gasteiger charge is 2.08. The number of anilines is 2. The summed E-state index contributed by atoms with van der Waals surface area (Å²) in [4.78, 5) is 0. The third kappa shape index (κ3) is 4.79. The second-order valence-electron chi connectivity index (χ2n) is 6.64. The molecule has 0 amide bonds. The largest absolute Gasteiger partial charge is 0.456 e. The average molecular weight is 324 g/mol. The lowest BCUT2D eigenvalue weighted by Gasteiger charge is -2.02. The van der Waals surface area contributed by atoms with Crippen LogP contribution in [-0.4, -0.2) is 0 Å². The van der Waals surface area contributed by atoms with E-state index in [0.29, 0.717) is 11.4 Å². The van der Waals surface area contributed by atoms with Crippen LogP contribution in [-0.2, 0) is 0 Å². The molecule has 128 valence electrons. The van der Waals surface area contributed by atoms with E-state index < -0.39 is 0 Å². The van der Waals surface area contributed by atoms with Gasteiger partial charge in [-0.2, -0.15) is 0 Å². The van der Waals surface area contributed by atoms with Crippen LogP contribution in [0.2, 0.25) is 0 Å². The zero-order chi connectivity index (χ0) is 17.7. The van der Waals surface area contributed by atoms with Crippen molar-refractivity contribution in [3.63, 3.8) is 0 Å². The lowest BCUT2D eigenvalue weighted by Crippen LogP contribution is -1.92. The van der Waals surface area contributed by atoms with E-state index in [1.165, 1.54) is 11.1 Å². The Morgan fingerprint density at radius 2 is 1.67 bits per heavy atom. The van der Waals surface area contributed by atoms with Crippen molar-refractivity contribution >= 4 is 27.9 Å². The van der Waals surface area contributed by atoms with Crippen molar-refractivity contribution in [2.75, 3.05) is 11.5 Å². The van der Waals surface area contributed by atoms with E-state index in [4.69, 9.17) is 15.9 Å². The van der Waals surface area contributed by atoms with Gasteiger partial charge >= 0.3 is 0 Å². The molecule has 0 spiro atoms. The number of furan rings is 1. The minimum Gasteiger partial charge on any atom is -0.456 e. The summed E-state index contributed by atoms with van der Waals surface area (Å²) in [6.45, 7) is 10.6. The van der Waals surface area contributed by atoms with Crippen LogP contribution in [0.4, 0.5) is 11.4 Å². The van der Waals surface area contributed by atoms with Crippen LogP contribution >= 0.6 is 0 Å². The van der Waals surface area contributed by atoms with E-state index >= 15 is 0 Å². The number of rotatable bonds is 7. The van der Waals surface area contributed by atoms with Crippen molar-refractivity contribution in [3.8, 4) is 0 Å². The molecule has 1 heterocycles. The minimum atomic E-state index is 0.545. The summed E-state index contributed by atoms with van der Waals surface area (Å²) in [7, 11) is 0. The Kier molecular flexibility index (Phi) is 5.91. The summed E-state index contributed by atoms with van der Waals surface area (Å²) in [6.07, 6.45) is 8.65. The first kappa shape index (κ1) is 17.9. The number of hydrogen-bond donors (Lipinski definition) is 2. The maximum absolute atomic E-state index is 5.85. The number of allylic oxidation sites excluding steroid dienone is 5. The first-order chi connectivity index (χ1) is 11.4. The van der Waals surface area contributed by atoms with Crippen LogP contribution in [0.15, 0.2) is 52.5 Å². The lowest BCUT2D eigenvalue weighted by atomic mass is 10.1. The van der Waals surface area contributed by atoms with Gasteiger partial charge in [0, 0.05) is 11.5 Å². The molecule has 0 bridgehead atoms. The van der Waals surface area contributed by atoms with Crippen LogP contribution < -0.4 is 11.5 Å². The van der Waals surface area contributed by atoms with Crippen molar-refractivity contribution in [1.29, 1.82) is 0 Å². The number of benzene rings is 1. The van der Waals surface area contributed by atoms with Gasteiger partial charge in [0.15, 0.2) is 0 Å². The maximum Gasteiger partial charge on any atom is 0.137 e. The van der Waals surface area contributed by atoms with Gasteiger partial charge in [0.05, 0.1) is 11.4 Å². The SMILES string of the molecule is C=C(CC/C=C(\C)CCC=C(C)C)c1cc2cc(N)c(N)cc2o1. The van der Waals surface area contributed by atoms with Crippen LogP contribution in [0.1, 0.15) is 52.2 Å². The molecule has 1 aromatic heterocycles. The van der Waals surface area contributed by atoms with Gasteiger partial charge < -0.3 is 15.9 Å². The second kappa shape index (κ2) is 7.91. The Labute approximate surface area is 144 Å². The summed E-state index contributed by atoms with van der Waals surface area (Å²) in [5, 5.41) is 0.964. The van der Waals surface area contributed by atoms with Crippen LogP contribution in [0.25, 0.3) is 16.5 Å². The minimum absolute atomic E-state index is 0.545. The van der Waals surface area contributed by atoms with E-state index in [2.05, 4.69) is 39.5 Å². The number of hydrogen-bond acceptors (Lipinski definition) is 3. The Bertz CT molecular complexity index is 751. The van der Waals surface area contributed by atoms with Crippen molar-refractivity contribution in [2.24, 2.45) is 0 Å². The number of nitrogen functional groups attached to an aromatic ring is 2. The number of nitrogens with two attached hydrogens (primary N) is 2. The van der Waals surface area contributed by atoms with Gasteiger partial charge in [-0.1, -0.05) is 29.9 Å². The van der Waals surface area contributed by atoms with E-state index in [1.54, 1.807) is 6.07 Å². The normalized spacial score (nSPS) is 11.7. The van der Waals surface area contributed by atoms with Crippen molar-refractivity contribution in [2.45, 2.75) is 46.5 Å². The third-order valence-corrected chi connectivity index (χ3v) is 4.10. The molecule has 0 unspecified atom stereocenters. The van der Waals surface area contributed by atoms with Crippen LogP contribution in [0.5, 0.6) is 0 Å². The molecule has 1 aromatic carbocycles. The summed E-state index contributed by atoms with van der Waals surface area (Å²) < 4.78 is 5.85. The Morgan fingerprint density at radius 3 is 2.38 bits per heavy atom.